The summed E-state index contributed by atoms with van der Waals surface area (Å²) in [6.07, 6.45) is 15.0. The van der Waals surface area contributed by atoms with Crippen LogP contribution in [0.1, 0.15) is 19.3 Å². The average molecular weight is 912 g/mol. The van der Waals surface area contributed by atoms with Gasteiger partial charge >= 0.3 is 0 Å². The quantitative estimate of drug-likeness (QED) is 0.144. The molecule has 3 aromatic heterocycles. The van der Waals surface area contributed by atoms with Gasteiger partial charge in [-0.1, -0.05) is 133 Å². The van der Waals surface area contributed by atoms with Crippen molar-refractivity contribution in [2.24, 2.45) is 0 Å². The molecular weight excluding hydrogens is 863 g/mol. The van der Waals surface area contributed by atoms with Crippen molar-refractivity contribution >= 4 is 101 Å². The molecule has 1 atom stereocenters. The summed E-state index contributed by atoms with van der Waals surface area (Å²) in [7, 11) is 0. The summed E-state index contributed by atoms with van der Waals surface area (Å²) in [5.41, 5.74) is 15.1. The van der Waals surface area contributed by atoms with Crippen molar-refractivity contribution in [2.75, 3.05) is 9.80 Å². The highest BCUT2D eigenvalue weighted by Crippen LogP contribution is 2.44. The van der Waals surface area contributed by atoms with Crippen molar-refractivity contribution in [2.45, 2.75) is 25.3 Å². The van der Waals surface area contributed by atoms with Crippen molar-refractivity contribution in [1.29, 1.82) is 0 Å². The minimum absolute atomic E-state index is 0.0758. The number of fused-ring (bicyclic) bond motifs is 9. The van der Waals surface area contributed by atoms with Crippen LogP contribution in [0.4, 0.5) is 28.4 Å². The number of hydrogen-bond acceptors (Lipinski definition) is 2. The van der Waals surface area contributed by atoms with E-state index in [1.54, 1.807) is 0 Å². The molecule has 0 N–H and O–H groups in total. The van der Waals surface area contributed by atoms with Gasteiger partial charge in [-0.05, 0) is 141 Å². The van der Waals surface area contributed by atoms with Crippen LogP contribution in [0.5, 0.6) is 0 Å². The predicted molar refractivity (Wildman–Crippen MR) is 300 cm³/mol. The van der Waals surface area contributed by atoms with E-state index in [9.17, 15) is 0 Å². The lowest BCUT2D eigenvalue weighted by atomic mass is 10.0. The van der Waals surface area contributed by atoms with Crippen LogP contribution >= 0.6 is 0 Å². The first-order valence-corrected chi connectivity index (χ1v) is 24.9. The van der Waals surface area contributed by atoms with Crippen LogP contribution in [0.25, 0.3) is 83.7 Å². The van der Waals surface area contributed by atoms with Crippen LogP contribution in [0, 0.1) is 0 Å². The van der Waals surface area contributed by atoms with Crippen molar-refractivity contribution in [3.8, 4) is 11.4 Å². The second-order valence-electron chi connectivity index (χ2n) is 18.8. The fourth-order valence-corrected chi connectivity index (χ4v) is 11.6. The normalized spacial score (nSPS) is 14.4. The van der Waals surface area contributed by atoms with Gasteiger partial charge in [0.2, 0.25) is 0 Å². The van der Waals surface area contributed by atoms with E-state index in [0.29, 0.717) is 0 Å². The largest absolute Gasteiger partial charge is 0.334 e. The first-order chi connectivity index (χ1) is 35.2. The summed E-state index contributed by atoms with van der Waals surface area (Å²) in [4.78, 5) is 4.97. The van der Waals surface area contributed by atoms with Gasteiger partial charge in [0, 0.05) is 83.0 Å². The SMILES string of the molecule is C1=CC(n2c3c(c4ccccc42)=CC(N(c2ccccc2)c2ccc4c(c2)c2cc(N(c5ccccc5)c5ccc6c(c5)c5ccccc5n6-c5ccccc5)ccc2n4-c2ccccc2)CC=3)=CCC1. The van der Waals surface area contributed by atoms with E-state index in [0.717, 1.165) is 58.9 Å². The Labute approximate surface area is 412 Å². The maximum atomic E-state index is 2.55. The number of allylic oxidation sites excluding steroid dienone is 4. The molecule has 3 heterocycles. The summed E-state index contributed by atoms with van der Waals surface area (Å²) in [6.45, 7) is 0. The first kappa shape index (κ1) is 41.0. The Bertz CT molecular complexity index is 4200. The van der Waals surface area contributed by atoms with Gasteiger partial charge in [-0.2, -0.15) is 0 Å². The molecule has 0 spiro atoms. The van der Waals surface area contributed by atoms with Crippen molar-refractivity contribution in [3.05, 3.63) is 253 Å². The smallest absolute Gasteiger partial charge is 0.0567 e. The minimum atomic E-state index is 0.0758. The molecule has 9 aromatic carbocycles. The molecular formula is C66H49N5. The molecule has 5 nitrogen and oxygen atoms in total. The van der Waals surface area contributed by atoms with Crippen LogP contribution in [0.15, 0.2) is 243 Å². The number of benzene rings is 9. The Morgan fingerprint density at radius 2 is 0.845 bits per heavy atom. The maximum Gasteiger partial charge on any atom is 0.0567 e. The number of hydrogen-bond donors (Lipinski definition) is 0. The molecule has 2 aliphatic rings. The van der Waals surface area contributed by atoms with Gasteiger partial charge in [0.05, 0.1) is 33.6 Å². The minimum Gasteiger partial charge on any atom is -0.334 e. The van der Waals surface area contributed by atoms with Crippen LogP contribution in [-0.2, 0) is 0 Å². The fraction of sp³-hybridized carbons (Fsp3) is 0.0606. The van der Waals surface area contributed by atoms with Gasteiger partial charge in [-0.15, -0.1) is 0 Å². The van der Waals surface area contributed by atoms with E-state index in [2.05, 4.69) is 278 Å². The Hall–Kier alpha value is -9.06. The lowest BCUT2D eigenvalue weighted by molar-refractivity contribution is 0.833. The number of rotatable bonds is 9. The lowest BCUT2D eigenvalue weighted by Gasteiger charge is -2.33. The van der Waals surface area contributed by atoms with Crippen molar-refractivity contribution < 1.29 is 0 Å². The van der Waals surface area contributed by atoms with Gasteiger partial charge in [0.25, 0.3) is 0 Å². The zero-order valence-corrected chi connectivity index (χ0v) is 39.2. The maximum absolute atomic E-state index is 2.55. The highest BCUT2D eigenvalue weighted by atomic mass is 15.2. The van der Waals surface area contributed by atoms with Crippen LogP contribution in [-0.4, -0.2) is 19.7 Å². The summed E-state index contributed by atoms with van der Waals surface area (Å²) in [6, 6.07) is 82.1. The standard InChI is InChI=1S/C66H49N5/c1-6-20-46(21-7-1)67(51-34-38-63-57(42-51)55-30-16-18-32-61(55)69(63)48-24-10-3-11-25-48)53-36-40-65-59(44-53)60-45-54(37-41-66(60)71(65)50-28-14-5-15-29-50)68(47-22-8-2-9-23-47)52-35-39-64-58(43-52)56-31-17-19-33-62(56)70(64)49-26-12-4-13-27-49/h1-3,5-12,14-34,36-45,52H,4,13,35H2. The lowest BCUT2D eigenvalue weighted by Crippen LogP contribution is -2.39. The van der Waals surface area contributed by atoms with E-state index in [4.69, 9.17) is 0 Å². The summed E-state index contributed by atoms with van der Waals surface area (Å²) in [5.74, 6) is 0. The van der Waals surface area contributed by atoms with E-state index in [-0.39, 0.29) is 6.04 Å². The van der Waals surface area contributed by atoms with Crippen LogP contribution < -0.4 is 20.4 Å². The Morgan fingerprint density at radius 3 is 1.44 bits per heavy atom. The third kappa shape index (κ3) is 6.76. The second kappa shape index (κ2) is 16.9. The number of para-hydroxylation sites is 6. The number of aromatic nitrogens is 3. The van der Waals surface area contributed by atoms with Crippen LogP contribution in [0.2, 0.25) is 0 Å². The van der Waals surface area contributed by atoms with E-state index < -0.39 is 0 Å². The zero-order chi connectivity index (χ0) is 46.8. The first-order valence-electron chi connectivity index (χ1n) is 24.9. The number of anilines is 5. The Balaban J connectivity index is 0.964. The molecule has 0 bridgehead atoms. The Kier molecular flexibility index (Phi) is 9.73. The topological polar surface area (TPSA) is 21.3 Å². The molecule has 12 aromatic rings. The van der Waals surface area contributed by atoms with Gasteiger partial charge in [0.15, 0.2) is 0 Å². The summed E-state index contributed by atoms with van der Waals surface area (Å²) >= 11 is 0. The average Bonchev–Trinajstić information content (AvgIpc) is 4.07. The molecule has 1 unspecified atom stereocenters. The van der Waals surface area contributed by atoms with Gasteiger partial charge < -0.3 is 23.5 Å². The molecule has 2 aliphatic carbocycles. The van der Waals surface area contributed by atoms with Gasteiger partial charge in [-0.3, -0.25) is 0 Å². The third-order valence-corrected chi connectivity index (χ3v) is 14.7. The van der Waals surface area contributed by atoms with E-state index in [1.165, 1.54) is 71.0 Å². The molecule has 0 amide bonds. The molecule has 0 radical (unpaired) electrons. The monoisotopic (exact) mass is 911 g/mol. The van der Waals surface area contributed by atoms with E-state index in [1.807, 2.05) is 0 Å². The molecule has 0 aliphatic heterocycles. The molecule has 5 heteroatoms. The van der Waals surface area contributed by atoms with Crippen molar-refractivity contribution in [1.82, 2.24) is 13.7 Å². The highest BCUT2D eigenvalue weighted by molar-refractivity contribution is 6.13. The number of nitrogens with zero attached hydrogens (tertiary/aromatic N) is 5. The molecule has 14 rings (SSSR count). The highest BCUT2D eigenvalue weighted by Gasteiger charge is 2.25. The van der Waals surface area contributed by atoms with Crippen molar-refractivity contribution in [3.63, 3.8) is 0 Å². The van der Waals surface area contributed by atoms with E-state index >= 15 is 0 Å². The zero-order valence-electron chi connectivity index (χ0n) is 39.2. The molecule has 71 heavy (non-hydrogen) atoms. The predicted octanol–water partition coefficient (Wildman–Crippen LogP) is 15.7. The second-order valence-corrected chi connectivity index (χ2v) is 18.8. The fourth-order valence-electron chi connectivity index (χ4n) is 11.6. The van der Waals surface area contributed by atoms with Gasteiger partial charge in [0.1, 0.15) is 0 Å². The summed E-state index contributed by atoms with van der Waals surface area (Å²) < 4.78 is 7.29. The molecule has 0 saturated carbocycles. The van der Waals surface area contributed by atoms with Gasteiger partial charge in [-0.25, -0.2) is 0 Å². The van der Waals surface area contributed by atoms with Crippen LogP contribution in [0.3, 0.4) is 0 Å². The summed E-state index contributed by atoms with van der Waals surface area (Å²) in [5, 5.41) is 8.70. The third-order valence-electron chi connectivity index (χ3n) is 14.7. The molecule has 338 valence electrons. The molecule has 0 saturated heterocycles. The Morgan fingerprint density at radius 1 is 0.366 bits per heavy atom. The molecule has 0 fully saturated rings.